The van der Waals surface area contributed by atoms with E-state index in [1.165, 1.54) is 0 Å². The zero-order chi connectivity index (χ0) is 14.5. The molecule has 0 saturated heterocycles. The molecule has 0 aromatic heterocycles. The van der Waals surface area contributed by atoms with Crippen molar-refractivity contribution in [3.8, 4) is 11.5 Å². The third-order valence-electron chi connectivity index (χ3n) is 3.06. The van der Waals surface area contributed by atoms with Crippen LogP contribution in [0.1, 0.15) is 16.7 Å². The van der Waals surface area contributed by atoms with Gasteiger partial charge in [-0.1, -0.05) is 24.3 Å². The zero-order valence-electron chi connectivity index (χ0n) is 11.5. The van der Waals surface area contributed by atoms with E-state index >= 15 is 0 Å². The van der Waals surface area contributed by atoms with E-state index in [4.69, 9.17) is 9.47 Å². The third-order valence-corrected chi connectivity index (χ3v) is 3.68. The van der Waals surface area contributed by atoms with Crippen LogP contribution in [0.4, 0.5) is 0 Å². The van der Waals surface area contributed by atoms with E-state index in [9.17, 15) is 5.11 Å². The molecule has 0 aliphatic rings. The third kappa shape index (κ3) is 3.32. The fourth-order valence-corrected chi connectivity index (χ4v) is 2.59. The molecule has 0 aliphatic carbocycles. The van der Waals surface area contributed by atoms with Gasteiger partial charge in [-0.05, 0) is 46.1 Å². The van der Waals surface area contributed by atoms with Crippen LogP contribution in [-0.4, -0.2) is 12.2 Å². The molecule has 20 heavy (non-hydrogen) atoms. The van der Waals surface area contributed by atoms with Gasteiger partial charge in [0.05, 0.1) is 18.2 Å². The maximum Gasteiger partial charge on any atom is 0.133 e. The Morgan fingerprint density at radius 3 is 2.65 bits per heavy atom. The number of benzene rings is 2. The minimum absolute atomic E-state index is 0.0245. The molecule has 0 spiro atoms. The lowest BCUT2D eigenvalue weighted by Gasteiger charge is -2.13. The van der Waals surface area contributed by atoms with Crippen molar-refractivity contribution < 1.29 is 14.6 Å². The second kappa shape index (κ2) is 6.77. The van der Waals surface area contributed by atoms with Gasteiger partial charge < -0.3 is 14.6 Å². The van der Waals surface area contributed by atoms with E-state index in [1.54, 1.807) is 7.11 Å². The van der Waals surface area contributed by atoms with Crippen molar-refractivity contribution in [2.45, 2.75) is 20.1 Å². The molecule has 0 atom stereocenters. The Morgan fingerprint density at radius 1 is 1.20 bits per heavy atom. The highest BCUT2D eigenvalue weighted by molar-refractivity contribution is 9.10. The first-order chi connectivity index (χ1) is 9.65. The summed E-state index contributed by atoms with van der Waals surface area (Å²) in [6.45, 7) is 2.39. The van der Waals surface area contributed by atoms with Gasteiger partial charge in [0.15, 0.2) is 0 Å². The van der Waals surface area contributed by atoms with E-state index in [-0.39, 0.29) is 6.61 Å². The first-order valence-corrected chi connectivity index (χ1v) is 7.09. The second-order valence-electron chi connectivity index (χ2n) is 4.48. The smallest absolute Gasteiger partial charge is 0.133 e. The molecule has 2 rings (SSSR count). The molecule has 0 radical (unpaired) electrons. The van der Waals surface area contributed by atoms with Crippen LogP contribution in [0.25, 0.3) is 0 Å². The summed E-state index contributed by atoms with van der Waals surface area (Å²) in [5.74, 6) is 1.54. The largest absolute Gasteiger partial charge is 0.496 e. The van der Waals surface area contributed by atoms with Gasteiger partial charge in [-0.2, -0.15) is 0 Å². The van der Waals surface area contributed by atoms with Crippen LogP contribution in [0.2, 0.25) is 0 Å². The van der Waals surface area contributed by atoms with Gasteiger partial charge in [0.25, 0.3) is 0 Å². The van der Waals surface area contributed by atoms with Crippen molar-refractivity contribution >= 4 is 15.9 Å². The van der Waals surface area contributed by atoms with Gasteiger partial charge >= 0.3 is 0 Å². The van der Waals surface area contributed by atoms with Crippen LogP contribution >= 0.6 is 15.9 Å². The monoisotopic (exact) mass is 336 g/mol. The van der Waals surface area contributed by atoms with E-state index in [0.29, 0.717) is 6.61 Å². The molecule has 2 aromatic carbocycles. The fourth-order valence-electron chi connectivity index (χ4n) is 2.00. The van der Waals surface area contributed by atoms with Crippen molar-refractivity contribution in [2.24, 2.45) is 0 Å². The van der Waals surface area contributed by atoms with Crippen LogP contribution in [0.15, 0.2) is 40.9 Å². The summed E-state index contributed by atoms with van der Waals surface area (Å²) in [6, 6.07) is 11.6. The molecule has 2 aromatic rings. The topological polar surface area (TPSA) is 38.7 Å². The lowest BCUT2D eigenvalue weighted by molar-refractivity contribution is 0.258. The Labute approximate surface area is 127 Å². The standard InChI is InChI=1S/C16H17BrO3/c1-11-4-3-5-13(9-18)16(11)20-10-12-6-7-15(19-2)14(17)8-12/h3-8,18H,9-10H2,1-2H3. The van der Waals surface area contributed by atoms with Crippen LogP contribution < -0.4 is 9.47 Å². The van der Waals surface area contributed by atoms with Crippen molar-refractivity contribution in [3.05, 3.63) is 57.6 Å². The highest BCUT2D eigenvalue weighted by Crippen LogP contribution is 2.28. The molecule has 0 saturated carbocycles. The number of aliphatic hydroxyl groups is 1. The van der Waals surface area contributed by atoms with Gasteiger partial charge in [0.1, 0.15) is 18.1 Å². The number of hydrogen-bond donors (Lipinski definition) is 1. The first kappa shape index (κ1) is 14.9. The molecular weight excluding hydrogens is 320 g/mol. The highest BCUT2D eigenvalue weighted by Gasteiger charge is 2.07. The van der Waals surface area contributed by atoms with Gasteiger partial charge in [0.2, 0.25) is 0 Å². The predicted molar refractivity (Wildman–Crippen MR) is 82.1 cm³/mol. The molecule has 3 nitrogen and oxygen atoms in total. The molecule has 0 fully saturated rings. The normalized spacial score (nSPS) is 10.4. The van der Waals surface area contributed by atoms with Crippen LogP contribution in [0, 0.1) is 6.92 Å². The van der Waals surface area contributed by atoms with E-state index in [1.807, 2.05) is 43.3 Å². The van der Waals surface area contributed by atoms with Gasteiger partial charge in [-0.25, -0.2) is 0 Å². The van der Waals surface area contributed by atoms with Crippen LogP contribution in [-0.2, 0) is 13.2 Å². The van der Waals surface area contributed by atoms with Crippen molar-refractivity contribution in [3.63, 3.8) is 0 Å². The van der Waals surface area contributed by atoms with Gasteiger partial charge in [-0.3, -0.25) is 0 Å². The van der Waals surface area contributed by atoms with E-state index in [2.05, 4.69) is 15.9 Å². The first-order valence-electron chi connectivity index (χ1n) is 6.30. The van der Waals surface area contributed by atoms with Crippen molar-refractivity contribution in [1.82, 2.24) is 0 Å². The summed E-state index contributed by atoms with van der Waals surface area (Å²) in [6.07, 6.45) is 0. The number of aryl methyl sites for hydroxylation is 1. The minimum atomic E-state index is -0.0245. The Bertz CT molecular complexity index is 596. The zero-order valence-corrected chi connectivity index (χ0v) is 13.1. The summed E-state index contributed by atoms with van der Waals surface area (Å²) in [7, 11) is 1.64. The molecule has 4 heteroatoms. The SMILES string of the molecule is COc1ccc(COc2c(C)cccc2CO)cc1Br. The quantitative estimate of drug-likeness (QED) is 0.901. The van der Waals surface area contributed by atoms with Crippen molar-refractivity contribution in [1.29, 1.82) is 0 Å². The number of para-hydroxylation sites is 1. The number of aliphatic hydroxyl groups excluding tert-OH is 1. The molecule has 106 valence electrons. The lowest BCUT2D eigenvalue weighted by Crippen LogP contribution is -2.01. The Morgan fingerprint density at radius 2 is 2.00 bits per heavy atom. The van der Waals surface area contributed by atoms with Crippen molar-refractivity contribution in [2.75, 3.05) is 7.11 Å². The van der Waals surface area contributed by atoms with E-state index < -0.39 is 0 Å². The second-order valence-corrected chi connectivity index (χ2v) is 5.33. The Kier molecular flexibility index (Phi) is 5.04. The Balaban J connectivity index is 2.15. The van der Waals surface area contributed by atoms with Gasteiger partial charge in [0, 0.05) is 5.56 Å². The molecule has 0 aliphatic heterocycles. The summed E-state index contributed by atoms with van der Waals surface area (Å²) in [5.41, 5.74) is 2.85. The number of rotatable bonds is 5. The molecular formula is C16H17BrO3. The summed E-state index contributed by atoms with van der Waals surface area (Å²) in [4.78, 5) is 0. The molecule has 0 bridgehead atoms. The predicted octanol–water partition coefficient (Wildman–Crippen LogP) is 3.84. The lowest BCUT2D eigenvalue weighted by atomic mass is 10.1. The summed E-state index contributed by atoms with van der Waals surface area (Å²) >= 11 is 3.46. The maximum atomic E-state index is 9.35. The average Bonchev–Trinajstić information content (AvgIpc) is 2.46. The molecule has 0 heterocycles. The molecule has 1 N–H and O–H groups in total. The average molecular weight is 337 g/mol. The molecule has 0 unspecified atom stereocenters. The highest BCUT2D eigenvalue weighted by atomic mass is 79.9. The Hall–Kier alpha value is -1.52. The summed E-state index contributed by atoms with van der Waals surface area (Å²) in [5, 5.41) is 9.35. The van der Waals surface area contributed by atoms with E-state index in [0.717, 1.165) is 32.7 Å². The van der Waals surface area contributed by atoms with Crippen LogP contribution in [0.5, 0.6) is 11.5 Å². The molecule has 0 amide bonds. The fraction of sp³-hybridized carbons (Fsp3) is 0.250. The maximum absolute atomic E-state index is 9.35. The van der Waals surface area contributed by atoms with Crippen LogP contribution in [0.3, 0.4) is 0 Å². The number of methoxy groups -OCH3 is 1. The number of hydrogen-bond acceptors (Lipinski definition) is 3. The number of halogens is 1. The minimum Gasteiger partial charge on any atom is -0.496 e. The number of ether oxygens (including phenoxy) is 2. The van der Waals surface area contributed by atoms with Gasteiger partial charge in [-0.15, -0.1) is 0 Å². The summed E-state index contributed by atoms with van der Waals surface area (Å²) < 4.78 is 11.9.